The van der Waals surface area contributed by atoms with E-state index in [1.54, 1.807) is 0 Å². The molecule has 0 spiro atoms. The van der Waals surface area contributed by atoms with E-state index in [0.717, 1.165) is 23.3 Å². The molecule has 2 aromatic carbocycles. The Morgan fingerprint density at radius 3 is 2.90 bits per heavy atom. The first kappa shape index (κ1) is 13.7. The predicted octanol–water partition coefficient (Wildman–Crippen LogP) is 3.56. The molecule has 0 aromatic heterocycles. The molecule has 21 heavy (non-hydrogen) atoms. The lowest BCUT2D eigenvalue weighted by Crippen LogP contribution is -2.06. The molecule has 0 atom stereocenters. The Morgan fingerprint density at radius 2 is 2.10 bits per heavy atom. The van der Waals surface area contributed by atoms with E-state index in [0.29, 0.717) is 30.1 Å². The average Bonchev–Trinajstić information content (AvgIpc) is 2.96. The lowest BCUT2D eigenvalue weighted by Gasteiger charge is -2.11. The minimum atomic E-state index is -0.00292. The van der Waals surface area contributed by atoms with Gasteiger partial charge in [0.2, 0.25) is 0 Å². The van der Waals surface area contributed by atoms with Crippen LogP contribution in [0.4, 0.5) is 0 Å². The molecule has 0 saturated heterocycles. The first-order valence-electron chi connectivity index (χ1n) is 7.23. The highest BCUT2D eigenvalue weighted by molar-refractivity contribution is 6.11. The third kappa shape index (κ3) is 2.64. The van der Waals surface area contributed by atoms with Crippen molar-refractivity contribution >= 4 is 5.78 Å². The fourth-order valence-corrected chi connectivity index (χ4v) is 2.59. The van der Waals surface area contributed by atoms with Gasteiger partial charge in [-0.25, -0.2) is 0 Å². The number of benzene rings is 2. The minimum Gasteiger partial charge on any atom is -0.493 e. The quantitative estimate of drug-likeness (QED) is 0.804. The van der Waals surface area contributed by atoms with Crippen molar-refractivity contribution in [2.24, 2.45) is 0 Å². The molecule has 0 N–H and O–H groups in total. The Hall–Kier alpha value is -2.29. The van der Waals surface area contributed by atoms with Crippen molar-refractivity contribution in [3.8, 4) is 11.5 Å². The molecule has 108 valence electrons. The number of rotatable bonds is 4. The Morgan fingerprint density at radius 1 is 1.24 bits per heavy atom. The lowest BCUT2D eigenvalue weighted by atomic mass is 9.98. The second-order valence-electron chi connectivity index (χ2n) is 5.18. The number of ether oxygens (including phenoxy) is 2. The van der Waals surface area contributed by atoms with Gasteiger partial charge < -0.3 is 9.47 Å². The molecule has 0 aliphatic carbocycles. The summed E-state index contributed by atoms with van der Waals surface area (Å²) in [4.78, 5) is 12.8. The maximum Gasteiger partial charge on any atom is 0.196 e. The summed E-state index contributed by atoms with van der Waals surface area (Å²) in [6.07, 6.45) is 0.864. The first-order valence-corrected chi connectivity index (χ1v) is 7.23. The number of fused-ring (bicyclic) bond motifs is 1. The predicted molar refractivity (Wildman–Crippen MR) is 81.4 cm³/mol. The Bertz CT molecular complexity index is 689. The van der Waals surface area contributed by atoms with E-state index in [-0.39, 0.29) is 5.78 Å². The van der Waals surface area contributed by atoms with Gasteiger partial charge >= 0.3 is 0 Å². The maximum atomic E-state index is 12.8. The van der Waals surface area contributed by atoms with Crippen molar-refractivity contribution in [2.75, 3.05) is 13.2 Å². The van der Waals surface area contributed by atoms with Crippen molar-refractivity contribution in [3.05, 3.63) is 58.7 Å². The number of hydrogen-bond donors (Lipinski definition) is 0. The minimum absolute atomic E-state index is 0.00292. The Balaban J connectivity index is 2.00. The number of aryl methyl sites for hydroxylation is 1. The average molecular weight is 282 g/mol. The van der Waals surface area contributed by atoms with E-state index in [1.165, 1.54) is 0 Å². The van der Waals surface area contributed by atoms with Crippen LogP contribution < -0.4 is 9.47 Å². The van der Waals surface area contributed by atoms with Gasteiger partial charge in [-0.2, -0.15) is 0 Å². The third-order valence-corrected chi connectivity index (χ3v) is 3.63. The van der Waals surface area contributed by atoms with Crippen LogP contribution in [0.15, 0.2) is 36.4 Å². The molecular weight excluding hydrogens is 264 g/mol. The Labute approximate surface area is 124 Å². The fourth-order valence-electron chi connectivity index (χ4n) is 2.59. The zero-order chi connectivity index (χ0) is 14.8. The molecule has 2 aromatic rings. The van der Waals surface area contributed by atoms with Crippen molar-refractivity contribution in [1.29, 1.82) is 0 Å². The van der Waals surface area contributed by atoms with Crippen LogP contribution in [0.2, 0.25) is 0 Å². The smallest absolute Gasteiger partial charge is 0.196 e. The SMILES string of the molecule is CCOc1ccc(C)cc1C(=O)c1ccc2c(c1)CCO2. The van der Waals surface area contributed by atoms with Crippen LogP contribution in [0, 0.1) is 6.92 Å². The maximum absolute atomic E-state index is 12.8. The Kier molecular flexibility index (Phi) is 3.65. The van der Waals surface area contributed by atoms with Crippen molar-refractivity contribution in [3.63, 3.8) is 0 Å². The highest BCUT2D eigenvalue weighted by Crippen LogP contribution is 2.29. The number of carbonyl (C=O) groups is 1. The molecule has 0 saturated carbocycles. The van der Waals surface area contributed by atoms with Gasteiger partial charge in [-0.15, -0.1) is 0 Å². The molecule has 0 unspecified atom stereocenters. The van der Waals surface area contributed by atoms with Crippen LogP contribution in [0.5, 0.6) is 11.5 Å². The van der Waals surface area contributed by atoms with Crippen LogP contribution in [0.25, 0.3) is 0 Å². The van der Waals surface area contributed by atoms with Crippen LogP contribution in [0.3, 0.4) is 0 Å². The van der Waals surface area contributed by atoms with Crippen molar-refractivity contribution < 1.29 is 14.3 Å². The molecule has 0 bridgehead atoms. The van der Waals surface area contributed by atoms with Crippen molar-refractivity contribution in [1.82, 2.24) is 0 Å². The van der Waals surface area contributed by atoms with Gasteiger partial charge in [0.05, 0.1) is 18.8 Å². The zero-order valence-electron chi connectivity index (χ0n) is 12.3. The monoisotopic (exact) mass is 282 g/mol. The third-order valence-electron chi connectivity index (χ3n) is 3.63. The van der Waals surface area contributed by atoms with Gasteiger partial charge in [0.25, 0.3) is 0 Å². The molecule has 1 heterocycles. The van der Waals surface area contributed by atoms with E-state index >= 15 is 0 Å². The molecule has 1 aliphatic rings. The molecule has 1 aliphatic heterocycles. The topological polar surface area (TPSA) is 35.5 Å². The van der Waals surface area contributed by atoms with E-state index < -0.39 is 0 Å². The normalized spacial score (nSPS) is 12.7. The lowest BCUT2D eigenvalue weighted by molar-refractivity contribution is 0.103. The number of ketones is 1. The number of hydrogen-bond acceptors (Lipinski definition) is 3. The van der Waals surface area contributed by atoms with Gasteiger partial charge in [0.1, 0.15) is 11.5 Å². The number of carbonyl (C=O) groups excluding carboxylic acids is 1. The largest absolute Gasteiger partial charge is 0.493 e. The molecule has 3 rings (SSSR count). The molecular formula is C18H18O3. The summed E-state index contributed by atoms with van der Waals surface area (Å²) < 4.78 is 11.1. The first-order chi connectivity index (χ1) is 10.2. The second kappa shape index (κ2) is 5.60. The molecule has 3 nitrogen and oxygen atoms in total. The summed E-state index contributed by atoms with van der Waals surface area (Å²) >= 11 is 0. The molecule has 0 radical (unpaired) electrons. The summed E-state index contributed by atoms with van der Waals surface area (Å²) in [6.45, 7) is 5.13. The standard InChI is InChI=1S/C18H18O3/c1-3-20-17-6-4-12(2)10-15(17)18(19)14-5-7-16-13(11-14)8-9-21-16/h4-7,10-11H,3,8-9H2,1-2H3. The van der Waals surface area contributed by atoms with Crippen molar-refractivity contribution in [2.45, 2.75) is 20.3 Å². The highest BCUT2D eigenvalue weighted by atomic mass is 16.5. The van der Waals surface area contributed by atoms with Crippen LogP contribution in [-0.4, -0.2) is 19.0 Å². The fraction of sp³-hybridized carbons (Fsp3) is 0.278. The van der Waals surface area contributed by atoms with E-state index in [9.17, 15) is 4.79 Å². The van der Waals surface area contributed by atoms with Crippen LogP contribution in [-0.2, 0) is 6.42 Å². The summed E-state index contributed by atoms with van der Waals surface area (Å²) in [5.74, 6) is 1.53. The summed E-state index contributed by atoms with van der Waals surface area (Å²) in [6, 6.07) is 11.3. The van der Waals surface area contributed by atoms with Gasteiger partial charge in [0, 0.05) is 12.0 Å². The second-order valence-corrected chi connectivity index (χ2v) is 5.18. The molecule has 0 fully saturated rings. The highest BCUT2D eigenvalue weighted by Gasteiger charge is 2.18. The summed E-state index contributed by atoms with van der Waals surface area (Å²) in [5.41, 5.74) is 3.46. The van der Waals surface area contributed by atoms with Crippen LogP contribution >= 0.6 is 0 Å². The van der Waals surface area contributed by atoms with Gasteiger partial charge in [-0.05, 0) is 49.7 Å². The van der Waals surface area contributed by atoms with E-state index in [2.05, 4.69) is 0 Å². The van der Waals surface area contributed by atoms with Gasteiger partial charge in [-0.3, -0.25) is 4.79 Å². The van der Waals surface area contributed by atoms with Gasteiger partial charge in [0.15, 0.2) is 5.78 Å². The molecule has 3 heteroatoms. The summed E-state index contributed by atoms with van der Waals surface area (Å²) in [7, 11) is 0. The van der Waals surface area contributed by atoms with E-state index in [4.69, 9.17) is 9.47 Å². The van der Waals surface area contributed by atoms with E-state index in [1.807, 2.05) is 50.2 Å². The summed E-state index contributed by atoms with van der Waals surface area (Å²) in [5, 5.41) is 0. The zero-order valence-corrected chi connectivity index (χ0v) is 12.3. The van der Waals surface area contributed by atoms with Crippen LogP contribution in [0.1, 0.15) is 34.0 Å². The molecule has 0 amide bonds. The van der Waals surface area contributed by atoms with Gasteiger partial charge in [-0.1, -0.05) is 11.6 Å².